The molecule has 1 rings (SSSR count). The zero-order valence-electron chi connectivity index (χ0n) is 14.0. The lowest BCUT2D eigenvalue weighted by atomic mass is 9.67. The number of anilines is 1. The van der Waals surface area contributed by atoms with E-state index < -0.39 is 29.1 Å². The van der Waals surface area contributed by atoms with Crippen molar-refractivity contribution in [1.82, 2.24) is 15.5 Å². The van der Waals surface area contributed by atoms with Crippen molar-refractivity contribution < 1.29 is 19.8 Å². The van der Waals surface area contributed by atoms with Crippen LogP contribution in [0, 0.1) is 5.41 Å². The average Bonchev–Trinajstić information content (AvgIpc) is 2.93. The Morgan fingerprint density at radius 2 is 2.04 bits per heavy atom. The van der Waals surface area contributed by atoms with Crippen LogP contribution in [0.4, 0.5) is 10.6 Å². The lowest BCUT2D eigenvalue weighted by Gasteiger charge is -2.47. The molecule has 23 heavy (non-hydrogen) atoms. The number of nitrogens with zero attached hydrogens (tertiary/aromatic N) is 1. The van der Waals surface area contributed by atoms with E-state index in [0.717, 1.165) is 6.42 Å². The Morgan fingerprint density at radius 3 is 2.48 bits per heavy atom. The Hall–Kier alpha value is -2.09. The number of carbonyl (C=O) groups is 2. The van der Waals surface area contributed by atoms with Gasteiger partial charge in [0, 0.05) is 6.07 Å². The molecule has 0 saturated carbocycles. The number of aromatic amines is 1. The van der Waals surface area contributed by atoms with Crippen LogP contribution in [0.25, 0.3) is 0 Å². The molecule has 0 bridgehead atoms. The molecule has 1 aromatic heterocycles. The van der Waals surface area contributed by atoms with Crippen LogP contribution in [0.15, 0.2) is 12.3 Å². The van der Waals surface area contributed by atoms with Crippen LogP contribution in [0.3, 0.4) is 0 Å². The summed E-state index contributed by atoms with van der Waals surface area (Å²) < 4.78 is 0. The Kier molecular flexibility index (Phi) is 6.14. The van der Waals surface area contributed by atoms with Gasteiger partial charge in [-0.25, -0.2) is 4.79 Å². The van der Waals surface area contributed by atoms with E-state index in [1.807, 2.05) is 6.92 Å². The summed E-state index contributed by atoms with van der Waals surface area (Å²) in [7, 11) is 0. The predicted octanol–water partition coefficient (Wildman–Crippen LogP) is 1.95. The van der Waals surface area contributed by atoms with E-state index in [2.05, 4.69) is 20.8 Å². The quantitative estimate of drug-likeness (QED) is 0.523. The van der Waals surface area contributed by atoms with Crippen LogP contribution in [-0.4, -0.2) is 44.1 Å². The SMILES string of the molecule is CCCCC(NC(=O)O)([C@@H](O)C(=O)Nc1ccn[nH]1)C(C)(C)C. The van der Waals surface area contributed by atoms with Crippen molar-refractivity contribution >= 4 is 17.8 Å². The topological polar surface area (TPSA) is 127 Å². The minimum Gasteiger partial charge on any atom is -0.465 e. The zero-order valence-corrected chi connectivity index (χ0v) is 14.0. The van der Waals surface area contributed by atoms with Gasteiger partial charge in [-0.2, -0.15) is 5.10 Å². The standard InChI is InChI=1S/C15H26N4O4/c1-5-6-8-15(14(2,3)4,18-13(22)23)11(20)12(21)17-10-7-9-16-19-10/h7,9,11,18,20H,5-6,8H2,1-4H3,(H,22,23)(H2,16,17,19,21)/t11-,15?/m0/s1. The van der Waals surface area contributed by atoms with Gasteiger partial charge in [0.25, 0.3) is 5.91 Å². The van der Waals surface area contributed by atoms with Crippen molar-refractivity contribution in [3.8, 4) is 0 Å². The number of amides is 2. The number of aliphatic hydroxyl groups excluding tert-OH is 1. The molecule has 5 N–H and O–H groups in total. The molecular weight excluding hydrogens is 300 g/mol. The first-order chi connectivity index (χ1) is 10.6. The van der Waals surface area contributed by atoms with Gasteiger partial charge >= 0.3 is 6.09 Å². The minimum absolute atomic E-state index is 0.336. The highest BCUT2D eigenvalue weighted by Gasteiger charge is 2.51. The van der Waals surface area contributed by atoms with Gasteiger partial charge < -0.3 is 20.8 Å². The van der Waals surface area contributed by atoms with Gasteiger partial charge in [-0.1, -0.05) is 40.5 Å². The van der Waals surface area contributed by atoms with Crippen LogP contribution in [0.1, 0.15) is 47.0 Å². The van der Waals surface area contributed by atoms with Crippen LogP contribution in [0.5, 0.6) is 0 Å². The third-order valence-electron chi connectivity index (χ3n) is 4.07. The van der Waals surface area contributed by atoms with Crippen molar-refractivity contribution in [2.75, 3.05) is 5.32 Å². The summed E-state index contributed by atoms with van der Waals surface area (Å²) in [6.07, 6.45) is 0.473. The summed E-state index contributed by atoms with van der Waals surface area (Å²) >= 11 is 0. The van der Waals surface area contributed by atoms with Crippen molar-refractivity contribution in [1.29, 1.82) is 0 Å². The summed E-state index contributed by atoms with van der Waals surface area (Å²) in [4.78, 5) is 23.7. The first-order valence-corrected chi connectivity index (χ1v) is 7.63. The number of H-pyrrole nitrogens is 1. The maximum absolute atomic E-state index is 12.4. The van der Waals surface area contributed by atoms with Crippen molar-refractivity contribution in [3.05, 3.63) is 12.3 Å². The van der Waals surface area contributed by atoms with Crippen molar-refractivity contribution in [2.45, 2.75) is 58.6 Å². The highest BCUT2D eigenvalue weighted by molar-refractivity contribution is 5.94. The average molecular weight is 326 g/mol. The largest absolute Gasteiger partial charge is 0.465 e. The fourth-order valence-corrected chi connectivity index (χ4v) is 2.64. The second kappa shape index (κ2) is 7.45. The lowest BCUT2D eigenvalue weighted by molar-refractivity contribution is -0.132. The molecule has 0 fully saturated rings. The molecule has 2 amide bonds. The number of carbonyl (C=O) groups excluding carboxylic acids is 1. The number of rotatable bonds is 7. The number of unbranched alkanes of at least 4 members (excludes halogenated alkanes) is 1. The second-order valence-electron chi connectivity index (χ2n) is 6.62. The summed E-state index contributed by atoms with van der Waals surface area (Å²) in [5.74, 6) is -0.350. The molecule has 0 aliphatic carbocycles. The molecule has 0 aromatic carbocycles. The second-order valence-corrected chi connectivity index (χ2v) is 6.62. The van der Waals surface area contributed by atoms with Crippen LogP contribution in [0.2, 0.25) is 0 Å². The monoisotopic (exact) mass is 326 g/mol. The molecule has 0 radical (unpaired) electrons. The van der Waals surface area contributed by atoms with E-state index in [-0.39, 0.29) is 0 Å². The molecular formula is C15H26N4O4. The van der Waals surface area contributed by atoms with Gasteiger partial charge in [-0.15, -0.1) is 0 Å². The van der Waals surface area contributed by atoms with E-state index >= 15 is 0 Å². The van der Waals surface area contributed by atoms with Crippen LogP contribution in [-0.2, 0) is 4.79 Å². The molecule has 1 unspecified atom stereocenters. The van der Waals surface area contributed by atoms with E-state index in [1.165, 1.54) is 6.20 Å². The fraction of sp³-hybridized carbons (Fsp3) is 0.667. The smallest absolute Gasteiger partial charge is 0.405 e. The number of nitrogens with one attached hydrogen (secondary N) is 3. The van der Waals surface area contributed by atoms with E-state index in [0.29, 0.717) is 18.7 Å². The molecule has 8 heteroatoms. The molecule has 1 aromatic rings. The number of hydrogen-bond acceptors (Lipinski definition) is 4. The predicted molar refractivity (Wildman–Crippen MR) is 86.1 cm³/mol. The third-order valence-corrected chi connectivity index (χ3v) is 4.07. The molecule has 8 nitrogen and oxygen atoms in total. The molecule has 0 aliphatic heterocycles. The minimum atomic E-state index is -1.55. The number of hydrogen-bond donors (Lipinski definition) is 5. The Morgan fingerprint density at radius 1 is 1.39 bits per heavy atom. The number of aliphatic hydroxyl groups is 1. The Balaban J connectivity index is 3.13. The van der Waals surface area contributed by atoms with E-state index in [4.69, 9.17) is 0 Å². The summed E-state index contributed by atoms with van der Waals surface area (Å²) in [6.45, 7) is 7.35. The zero-order chi connectivity index (χ0) is 17.7. The molecule has 1 heterocycles. The molecule has 0 spiro atoms. The first kappa shape index (κ1) is 19.0. The van der Waals surface area contributed by atoms with Gasteiger partial charge in [0.1, 0.15) is 5.82 Å². The molecule has 0 aliphatic rings. The summed E-state index contributed by atoms with van der Waals surface area (Å²) in [5, 5.41) is 31.1. The van der Waals surface area contributed by atoms with Crippen molar-refractivity contribution in [2.24, 2.45) is 5.41 Å². The highest BCUT2D eigenvalue weighted by atomic mass is 16.4. The Bertz CT molecular complexity index is 524. The lowest BCUT2D eigenvalue weighted by Crippen LogP contribution is -2.66. The summed E-state index contributed by atoms with van der Waals surface area (Å²) in [5.41, 5.74) is -1.98. The maximum Gasteiger partial charge on any atom is 0.405 e. The van der Waals surface area contributed by atoms with E-state index in [1.54, 1.807) is 26.8 Å². The fourth-order valence-electron chi connectivity index (χ4n) is 2.64. The maximum atomic E-state index is 12.4. The summed E-state index contributed by atoms with van der Waals surface area (Å²) in [6, 6.07) is 1.54. The van der Waals surface area contributed by atoms with Crippen LogP contribution < -0.4 is 10.6 Å². The highest BCUT2D eigenvalue weighted by Crippen LogP contribution is 2.38. The molecule has 0 saturated heterocycles. The first-order valence-electron chi connectivity index (χ1n) is 7.63. The van der Waals surface area contributed by atoms with Crippen LogP contribution >= 0.6 is 0 Å². The van der Waals surface area contributed by atoms with Gasteiger partial charge in [-0.3, -0.25) is 9.89 Å². The van der Waals surface area contributed by atoms with Gasteiger partial charge in [0.2, 0.25) is 0 Å². The van der Waals surface area contributed by atoms with Gasteiger partial charge in [0.15, 0.2) is 6.10 Å². The Labute approximate surface area is 135 Å². The number of aromatic nitrogens is 2. The van der Waals surface area contributed by atoms with Gasteiger partial charge in [0.05, 0.1) is 11.7 Å². The van der Waals surface area contributed by atoms with E-state index in [9.17, 15) is 19.8 Å². The number of carboxylic acid groups (broad SMARTS) is 1. The third kappa shape index (κ3) is 4.44. The normalized spacial score (nSPS) is 15.5. The molecule has 130 valence electrons. The van der Waals surface area contributed by atoms with Crippen molar-refractivity contribution in [3.63, 3.8) is 0 Å². The van der Waals surface area contributed by atoms with Gasteiger partial charge in [-0.05, 0) is 11.8 Å². The molecule has 2 atom stereocenters.